The molecule has 0 saturated carbocycles. The van der Waals surface area contributed by atoms with Crippen LogP contribution in [0.2, 0.25) is 0 Å². The molecule has 0 aliphatic rings. The van der Waals surface area contributed by atoms with Crippen molar-refractivity contribution in [3.05, 3.63) is 0 Å². The molecule has 3 N–H and O–H groups in total. The molecule has 0 amide bonds. The molecule has 0 saturated heterocycles. The minimum Gasteiger partial charge on any atom is -0.462 e. The van der Waals surface area contributed by atoms with Gasteiger partial charge in [0.15, 0.2) is 12.2 Å². The van der Waals surface area contributed by atoms with Crippen LogP contribution >= 0.6 is 15.6 Å². The van der Waals surface area contributed by atoms with Gasteiger partial charge < -0.3 is 33.8 Å². The average Bonchev–Trinajstić information content (AvgIpc) is 3.27. The maximum absolute atomic E-state index is 13.1. The highest BCUT2D eigenvalue weighted by Crippen LogP contribution is 2.45. The van der Waals surface area contributed by atoms with E-state index >= 15 is 0 Å². The van der Waals surface area contributed by atoms with Gasteiger partial charge >= 0.3 is 39.5 Å². The third-order valence-corrected chi connectivity index (χ3v) is 19.3. The van der Waals surface area contributed by atoms with Crippen molar-refractivity contribution in [1.29, 1.82) is 0 Å². The zero-order valence-corrected chi connectivity index (χ0v) is 62.0. The Morgan fingerprint density at radius 3 is 0.634 bits per heavy atom. The Kier molecular flexibility index (Phi) is 67.1. The molecule has 0 aromatic heterocycles. The van der Waals surface area contributed by atoms with Gasteiger partial charge in [0.05, 0.1) is 26.4 Å². The minimum atomic E-state index is -4.95. The van der Waals surface area contributed by atoms with Gasteiger partial charge in [-0.05, 0) is 25.7 Å². The summed E-state index contributed by atoms with van der Waals surface area (Å²) < 4.78 is 68.3. The van der Waals surface area contributed by atoms with Crippen molar-refractivity contribution >= 4 is 39.5 Å². The third-order valence-electron chi connectivity index (χ3n) is 17.4. The Morgan fingerprint density at radius 1 is 0.258 bits per heavy atom. The van der Waals surface area contributed by atoms with Crippen LogP contribution in [0.15, 0.2) is 0 Å². The van der Waals surface area contributed by atoms with Gasteiger partial charge in [-0.2, -0.15) is 0 Å². The van der Waals surface area contributed by atoms with Crippen molar-refractivity contribution < 1.29 is 80.2 Å². The van der Waals surface area contributed by atoms with E-state index in [1.165, 1.54) is 218 Å². The standard InChI is InChI=1S/C74H144O17P2/c1-5-9-13-17-21-25-28-30-32-34-35-36-38-40-42-45-49-53-57-61-74(79)91-70(65-85-72(77)59-55-51-47-44-41-39-37-33-31-29-26-22-18-14-10-6-2)67-89-93(82,83)87-63-68(75)62-86-92(80,81)88-66-69(64-84-71(76)58-54-50-46-24-20-16-12-8-4)90-73(78)60-56-52-48-43-27-23-19-15-11-7-3/h68-70,75H,5-67H2,1-4H3,(H,80,81)(H,82,83)/t68-,69+,70+/m0/s1. The highest BCUT2D eigenvalue weighted by Gasteiger charge is 2.30. The Hall–Kier alpha value is -1.94. The summed E-state index contributed by atoms with van der Waals surface area (Å²) in [6, 6.07) is 0. The van der Waals surface area contributed by atoms with Crippen LogP contribution in [0.1, 0.15) is 394 Å². The van der Waals surface area contributed by atoms with Gasteiger partial charge in [0.2, 0.25) is 0 Å². The Morgan fingerprint density at radius 2 is 0.430 bits per heavy atom. The van der Waals surface area contributed by atoms with Crippen LogP contribution in [0.25, 0.3) is 0 Å². The number of carbonyl (C=O) groups excluding carboxylic acids is 4. The van der Waals surface area contributed by atoms with Crippen LogP contribution in [-0.2, 0) is 65.4 Å². The number of aliphatic hydroxyl groups is 1. The fourth-order valence-electron chi connectivity index (χ4n) is 11.4. The first-order valence-electron chi connectivity index (χ1n) is 38.8. The molecule has 552 valence electrons. The molecule has 5 atom stereocenters. The lowest BCUT2D eigenvalue weighted by Crippen LogP contribution is -2.30. The van der Waals surface area contributed by atoms with Crippen molar-refractivity contribution in [3.63, 3.8) is 0 Å². The summed E-state index contributed by atoms with van der Waals surface area (Å²) in [6.45, 7) is 4.94. The maximum Gasteiger partial charge on any atom is 0.472 e. The lowest BCUT2D eigenvalue weighted by Gasteiger charge is -2.21. The summed E-state index contributed by atoms with van der Waals surface area (Å²) in [4.78, 5) is 72.6. The first kappa shape index (κ1) is 91.1. The molecule has 0 aliphatic carbocycles. The van der Waals surface area contributed by atoms with Crippen molar-refractivity contribution in [1.82, 2.24) is 0 Å². The SMILES string of the molecule is CCCCCCCCCCCCCCCCCCCCCC(=O)O[C@H](COC(=O)CCCCCCCCCCCCCCCCCC)COP(=O)(O)OC[C@@H](O)COP(=O)(O)OC[C@@H](COC(=O)CCCCCCCCCC)OC(=O)CCCCCCCCCCCC. The van der Waals surface area contributed by atoms with Crippen molar-refractivity contribution in [3.8, 4) is 0 Å². The smallest absolute Gasteiger partial charge is 0.462 e. The molecule has 0 rings (SSSR count). The summed E-state index contributed by atoms with van der Waals surface area (Å²) in [7, 11) is -9.90. The Bertz CT molecular complexity index is 1770. The monoisotopic (exact) mass is 1370 g/mol. The summed E-state index contributed by atoms with van der Waals surface area (Å²) in [6.07, 6.45) is 58.3. The molecule has 0 bridgehead atoms. The highest BCUT2D eigenvalue weighted by molar-refractivity contribution is 7.47. The van der Waals surface area contributed by atoms with Gasteiger partial charge in [-0.15, -0.1) is 0 Å². The summed E-state index contributed by atoms with van der Waals surface area (Å²) in [5.41, 5.74) is 0. The van der Waals surface area contributed by atoms with Crippen molar-refractivity contribution in [2.24, 2.45) is 0 Å². The minimum absolute atomic E-state index is 0.107. The number of unbranched alkanes of at least 4 members (excludes halogenated alkanes) is 49. The van der Waals surface area contributed by atoms with E-state index in [4.69, 9.17) is 37.0 Å². The molecular weight excluding hydrogens is 1220 g/mol. The van der Waals surface area contributed by atoms with Crippen LogP contribution in [0, 0.1) is 0 Å². The summed E-state index contributed by atoms with van der Waals surface area (Å²) >= 11 is 0. The molecule has 0 aromatic carbocycles. The largest absolute Gasteiger partial charge is 0.472 e. The van der Waals surface area contributed by atoms with E-state index in [1.54, 1.807) is 0 Å². The summed E-state index contributed by atoms with van der Waals surface area (Å²) in [5, 5.41) is 10.6. The molecule has 0 aliphatic heterocycles. The first-order valence-corrected chi connectivity index (χ1v) is 41.8. The quantitative estimate of drug-likeness (QED) is 0.0222. The molecule has 93 heavy (non-hydrogen) atoms. The normalized spacial score (nSPS) is 13.9. The highest BCUT2D eigenvalue weighted by atomic mass is 31.2. The average molecular weight is 1370 g/mol. The van der Waals surface area contributed by atoms with E-state index < -0.39 is 97.5 Å². The molecular formula is C74H144O17P2. The Labute approximate surface area is 568 Å². The number of phosphoric acid groups is 2. The zero-order chi connectivity index (χ0) is 68.2. The first-order chi connectivity index (χ1) is 45.2. The van der Waals surface area contributed by atoms with E-state index in [9.17, 15) is 43.2 Å². The molecule has 17 nitrogen and oxygen atoms in total. The number of esters is 4. The van der Waals surface area contributed by atoms with Gasteiger partial charge in [-0.3, -0.25) is 37.3 Å². The number of hydrogen-bond acceptors (Lipinski definition) is 15. The molecule has 0 radical (unpaired) electrons. The molecule has 19 heteroatoms. The van der Waals surface area contributed by atoms with Gasteiger partial charge in [0, 0.05) is 25.7 Å². The lowest BCUT2D eigenvalue weighted by molar-refractivity contribution is -0.161. The maximum atomic E-state index is 13.1. The third kappa shape index (κ3) is 68.4. The van der Waals surface area contributed by atoms with Crippen LogP contribution in [0.4, 0.5) is 0 Å². The number of ether oxygens (including phenoxy) is 4. The molecule has 2 unspecified atom stereocenters. The van der Waals surface area contributed by atoms with E-state index in [0.717, 1.165) is 96.3 Å². The fourth-order valence-corrected chi connectivity index (χ4v) is 13.0. The lowest BCUT2D eigenvalue weighted by atomic mass is 10.0. The van der Waals surface area contributed by atoms with Crippen molar-refractivity contribution in [2.75, 3.05) is 39.6 Å². The predicted molar refractivity (Wildman–Crippen MR) is 377 cm³/mol. The van der Waals surface area contributed by atoms with Crippen molar-refractivity contribution in [2.45, 2.75) is 412 Å². The van der Waals surface area contributed by atoms with Crippen LogP contribution in [-0.4, -0.2) is 96.7 Å². The second kappa shape index (κ2) is 68.6. The van der Waals surface area contributed by atoms with E-state index in [0.29, 0.717) is 25.7 Å². The van der Waals surface area contributed by atoms with Gasteiger partial charge in [-0.1, -0.05) is 342 Å². The number of hydrogen-bond donors (Lipinski definition) is 3. The van der Waals surface area contributed by atoms with E-state index in [1.807, 2.05) is 0 Å². The summed E-state index contributed by atoms with van der Waals surface area (Å²) in [5.74, 6) is -2.12. The zero-order valence-electron chi connectivity index (χ0n) is 60.2. The molecule has 0 heterocycles. The van der Waals surface area contributed by atoms with Gasteiger partial charge in [0.25, 0.3) is 0 Å². The molecule has 0 spiro atoms. The van der Waals surface area contributed by atoms with Crippen LogP contribution < -0.4 is 0 Å². The number of rotatable bonds is 75. The number of aliphatic hydroxyl groups excluding tert-OH is 1. The van der Waals surface area contributed by atoms with Gasteiger partial charge in [0.1, 0.15) is 19.3 Å². The van der Waals surface area contributed by atoms with Crippen LogP contribution in [0.3, 0.4) is 0 Å². The van der Waals surface area contributed by atoms with Gasteiger partial charge in [-0.25, -0.2) is 9.13 Å². The van der Waals surface area contributed by atoms with E-state index in [-0.39, 0.29) is 25.7 Å². The van der Waals surface area contributed by atoms with E-state index in [2.05, 4.69) is 27.7 Å². The number of carbonyl (C=O) groups is 4. The number of phosphoric ester groups is 2. The topological polar surface area (TPSA) is 237 Å². The predicted octanol–water partition coefficient (Wildman–Crippen LogP) is 21.8. The fraction of sp³-hybridized carbons (Fsp3) is 0.946. The molecule has 0 aromatic rings. The molecule has 0 fully saturated rings. The second-order valence-electron chi connectivity index (χ2n) is 26.7. The second-order valence-corrected chi connectivity index (χ2v) is 29.6. The van der Waals surface area contributed by atoms with Crippen LogP contribution in [0.5, 0.6) is 0 Å². The Balaban J connectivity index is 5.18.